The minimum atomic E-state index is -0.688. The molecule has 148 valence electrons. The van der Waals surface area contributed by atoms with Crippen LogP contribution in [0.2, 0.25) is 0 Å². The highest BCUT2D eigenvalue weighted by Crippen LogP contribution is 2.48. The normalized spacial score (nSPS) is 28.7. The molecule has 0 aromatic heterocycles. The van der Waals surface area contributed by atoms with Crippen LogP contribution in [-0.2, 0) is 9.59 Å². The zero-order chi connectivity index (χ0) is 20.3. The molecule has 0 radical (unpaired) electrons. The highest BCUT2D eigenvalue weighted by molar-refractivity contribution is 6.24. The molecule has 3 saturated heterocycles. The maximum absolute atomic E-state index is 13.4. The number of imide groups is 1. The van der Waals surface area contributed by atoms with Crippen molar-refractivity contribution in [2.45, 2.75) is 31.8 Å². The van der Waals surface area contributed by atoms with Gasteiger partial charge in [0.1, 0.15) is 5.82 Å². The zero-order valence-corrected chi connectivity index (χ0v) is 16.0. The Morgan fingerprint density at radius 2 is 1.62 bits per heavy atom. The number of ketones is 1. The van der Waals surface area contributed by atoms with Gasteiger partial charge in [-0.25, -0.2) is 9.29 Å². The number of Topliss-reactive ketones (excluding diaryl/α,β-unsaturated/α-hetero) is 1. The van der Waals surface area contributed by atoms with Crippen molar-refractivity contribution in [1.29, 1.82) is 0 Å². The standard InChI is InChI=1S/C23H21FN2O3/c1-13-4-10-16(11-5-13)26-22(28)18-17-3-2-12-25(17)20(19(18)23(26)29)21(27)14-6-8-15(24)9-7-14/h4-11,17-20H,2-3,12H2,1H3/t17-,18+,19+,20+/m1/s1. The van der Waals surface area contributed by atoms with E-state index in [2.05, 4.69) is 0 Å². The van der Waals surface area contributed by atoms with Gasteiger partial charge in [0, 0.05) is 11.6 Å². The highest BCUT2D eigenvalue weighted by atomic mass is 19.1. The van der Waals surface area contributed by atoms with Gasteiger partial charge in [0.2, 0.25) is 11.8 Å². The van der Waals surface area contributed by atoms with E-state index in [0.29, 0.717) is 17.8 Å². The number of carbonyl (C=O) groups is 3. The average Bonchev–Trinajstić information content (AvgIpc) is 3.35. The molecule has 6 heteroatoms. The monoisotopic (exact) mass is 392 g/mol. The molecule has 3 aliphatic rings. The fourth-order valence-corrected chi connectivity index (χ4v) is 5.25. The van der Waals surface area contributed by atoms with Crippen molar-refractivity contribution in [2.75, 3.05) is 11.4 Å². The molecule has 0 bridgehead atoms. The maximum Gasteiger partial charge on any atom is 0.239 e. The number of benzene rings is 2. The van der Waals surface area contributed by atoms with Gasteiger partial charge in [0.15, 0.2) is 5.78 Å². The number of anilines is 1. The minimum Gasteiger partial charge on any atom is -0.292 e. The van der Waals surface area contributed by atoms with Crippen LogP contribution in [0.5, 0.6) is 0 Å². The number of amides is 2. The molecule has 29 heavy (non-hydrogen) atoms. The fourth-order valence-electron chi connectivity index (χ4n) is 5.25. The lowest BCUT2D eigenvalue weighted by atomic mass is 9.85. The summed E-state index contributed by atoms with van der Waals surface area (Å²) in [5.41, 5.74) is 1.97. The third-order valence-electron chi connectivity index (χ3n) is 6.54. The van der Waals surface area contributed by atoms with Gasteiger partial charge in [-0.15, -0.1) is 0 Å². The lowest BCUT2D eigenvalue weighted by molar-refractivity contribution is -0.123. The number of aryl methyl sites for hydroxylation is 1. The summed E-state index contributed by atoms with van der Waals surface area (Å²) in [5.74, 6) is -2.33. The maximum atomic E-state index is 13.4. The smallest absolute Gasteiger partial charge is 0.239 e. The Morgan fingerprint density at radius 3 is 2.31 bits per heavy atom. The number of halogens is 1. The molecule has 0 aliphatic carbocycles. The predicted octanol–water partition coefficient (Wildman–Crippen LogP) is 2.97. The van der Waals surface area contributed by atoms with Crippen LogP contribution in [-0.4, -0.2) is 41.1 Å². The van der Waals surface area contributed by atoms with E-state index in [4.69, 9.17) is 0 Å². The van der Waals surface area contributed by atoms with Gasteiger partial charge in [0.05, 0.1) is 23.6 Å². The van der Waals surface area contributed by atoms with Crippen molar-refractivity contribution in [2.24, 2.45) is 11.8 Å². The first-order chi connectivity index (χ1) is 14.0. The predicted molar refractivity (Wildman–Crippen MR) is 105 cm³/mol. The summed E-state index contributed by atoms with van der Waals surface area (Å²) in [7, 11) is 0. The first kappa shape index (κ1) is 18.2. The lowest BCUT2D eigenvalue weighted by Gasteiger charge is -2.27. The van der Waals surface area contributed by atoms with Crippen LogP contribution in [0.4, 0.5) is 10.1 Å². The molecule has 4 atom stereocenters. The zero-order valence-electron chi connectivity index (χ0n) is 16.0. The molecule has 2 aromatic carbocycles. The Labute approximate surface area is 168 Å². The fraction of sp³-hybridized carbons (Fsp3) is 0.348. The molecule has 0 N–H and O–H groups in total. The number of hydrogen-bond donors (Lipinski definition) is 0. The first-order valence-electron chi connectivity index (χ1n) is 9.97. The Morgan fingerprint density at radius 1 is 0.966 bits per heavy atom. The molecule has 5 nitrogen and oxygen atoms in total. The Balaban J connectivity index is 1.54. The van der Waals surface area contributed by atoms with E-state index >= 15 is 0 Å². The van der Waals surface area contributed by atoms with Crippen molar-refractivity contribution in [3.8, 4) is 0 Å². The van der Waals surface area contributed by atoms with Crippen molar-refractivity contribution in [1.82, 2.24) is 4.90 Å². The van der Waals surface area contributed by atoms with Gasteiger partial charge in [-0.05, 0) is 62.7 Å². The number of rotatable bonds is 3. The number of nitrogens with zero attached hydrogens (tertiary/aromatic N) is 2. The molecule has 0 spiro atoms. The number of hydrogen-bond acceptors (Lipinski definition) is 4. The van der Waals surface area contributed by atoms with Crippen LogP contribution in [0, 0.1) is 24.6 Å². The SMILES string of the molecule is Cc1ccc(N2C(=O)[C@@H]3[C@H](C2=O)[C@@H](C(=O)c2ccc(F)cc2)N2CCC[C@H]32)cc1. The van der Waals surface area contributed by atoms with Crippen molar-refractivity contribution >= 4 is 23.3 Å². The molecule has 5 rings (SSSR count). The second-order valence-electron chi connectivity index (χ2n) is 8.16. The third-order valence-corrected chi connectivity index (χ3v) is 6.54. The molecule has 3 aliphatic heterocycles. The van der Waals surface area contributed by atoms with Gasteiger partial charge in [-0.2, -0.15) is 0 Å². The van der Waals surface area contributed by atoms with Crippen LogP contribution in [0.25, 0.3) is 0 Å². The summed E-state index contributed by atoms with van der Waals surface area (Å²) in [4.78, 5) is 43.3. The van der Waals surface area contributed by atoms with E-state index in [9.17, 15) is 18.8 Å². The molecule has 3 fully saturated rings. The topological polar surface area (TPSA) is 57.7 Å². The van der Waals surface area contributed by atoms with E-state index in [1.54, 1.807) is 12.1 Å². The summed E-state index contributed by atoms with van der Waals surface area (Å²) < 4.78 is 13.3. The average molecular weight is 392 g/mol. The minimum absolute atomic E-state index is 0.0960. The summed E-state index contributed by atoms with van der Waals surface area (Å²) in [6, 6.07) is 11.9. The quantitative estimate of drug-likeness (QED) is 0.595. The van der Waals surface area contributed by atoms with Gasteiger partial charge < -0.3 is 0 Å². The van der Waals surface area contributed by atoms with Gasteiger partial charge in [0.25, 0.3) is 0 Å². The third kappa shape index (κ3) is 2.66. The number of carbonyl (C=O) groups excluding carboxylic acids is 3. The van der Waals surface area contributed by atoms with Crippen LogP contribution in [0.1, 0.15) is 28.8 Å². The molecule has 2 aromatic rings. The molecule has 0 saturated carbocycles. The van der Waals surface area contributed by atoms with Gasteiger partial charge in [-0.3, -0.25) is 19.3 Å². The van der Waals surface area contributed by atoms with Crippen molar-refractivity contribution < 1.29 is 18.8 Å². The molecular formula is C23H21FN2O3. The second kappa shape index (κ2) is 6.59. The van der Waals surface area contributed by atoms with Crippen LogP contribution < -0.4 is 4.90 Å². The summed E-state index contributed by atoms with van der Waals surface area (Å²) in [6.45, 7) is 2.64. The molecule has 2 amide bonds. The van der Waals surface area contributed by atoms with Gasteiger partial charge in [-0.1, -0.05) is 17.7 Å². The largest absolute Gasteiger partial charge is 0.292 e. The number of fused-ring (bicyclic) bond motifs is 3. The lowest BCUT2D eigenvalue weighted by Crippen LogP contribution is -2.46. The van der Waals surface area contributed by atoms with Crippen molar-refractivity contribution in [3.05, 3.63) is 65.5 Å². The van der Waals surface area contributed by atoms with Crippen LogP contribution >= 0.6 is 0 Å². The Bertz CT molecular complexity index is 1000. The van der Waals surface area contributed by atoms with E-state index < -0.39 is 23.7 Å². The Kier molecular flexibility index (Phi) is 4.13. The highest BCUT2D eigenvalue weighted by Gasteiger charge is 2.64. The summed E-state index contributed by atoms with van der Waals surface area (Å²) in [5, 5.41) is 0. The molecular weight excluding hydrogens is 371 g/mol. The van der Waals surface area contributed by atoms with E-state index in [1.807, 2.05) is 24.0 Å². The molecule has 3 heterocycles. The summed E-state index contributed by atoms with van der Waals surface area (Å²) >= 11 is 0. The van der Waals surface area contributed by atoms with E-state index in [1.165, 1.54) is 29.2 Å². The van der Waals surface area contributed by atoms with Crippen LogP contribution in [0.15, 0.2) is 48.5 Å². The Hall–Kier alpha value is -2.86. The molecule has 0 unspecified atom stereocenters. The first-order valence-corrected chi connectivity index (χ1v) is 9.97. The van der Waals surface area contributed by atoms with Gasteiger partial charge >= 0.3 is 0 Å². The van der Waals surface area contributed by atoms with E-state index in [-0.39, 0.29) is 23.6 Å². The van der Waals surface area contributed by atoms with Crippen LogP contribution in [0.3, 0.4) is 0 Å². The van der Waals surface area contributed by atoms with Crippen molar-refractivity contribution in [3.63, 3.8) is 0 Å². The van der Waals surface area contributed by atoms with E-state index in [0.717, 1.165) is 18.4 Å². The summed E-state index contributed by atoms with van der Waals surface area (Å²) in [6.07, 6.45) is 1.70. The second-order valence-corrected chi connectivity index (χ2v) is 8.16.